The molecule has 14 heavy (non-hydrogen) atoms. The quantitative estimate of drug-likeness (QED) is 0.664. The van der Waals surface area contributed by atoms with Gasteiger partial charge in [-0.2, -0.15) is 0 Å². The van der Waals surface area contributed by atoms with Gasteiger partial charge in [0, 0.05) is 26.2 Å². The maximum atomic E-state index is 5.37. The van der Waals surface area contributed by atoms with Crippen molar-refractivity contribution in [1.29, 1.82) is 0 Å². The number of hydrogen-bond acceptors (Lipinski definition) is 4. The van der Waals surface area contributed by atoms with Crippen molar-refractivity contribution >= 4 is 0 Å². The summed E-state index contributed by atoms with van der Waals surface area (Å²) in [6.45, 7) is 4.49. The topological polar surface area (TPSA) is 60.0 Å². The molecule has 0 aromatic carbocycles. The molecule has 1 aliphatic rings. The Morgan fingerprint density at radius 3 is 3.21 bits per heavy atom. The van der Waals surface area contributed by atoms with Crippen molar-refractivity contribution in [3.63, 3.8) is 0 Å². The lowest BCUT2D eigenvalue weighted by Crippen LogP contribution is -2.33. The smallest absolute Gasteiger partial charge is 0.147 e. The van der Waals surface area contributed by atoms with Gasteiger partial charge in [-0.1, -0.05) is 12.2 Å². The van der Waals surface area contributed by atoms with Crippen LogP contribution in [0.15, 0.2) is 18.5 Å². The summed E-state index contributed by atoms with van der Waals surface area (Å²) in [4.78, 5) is 2.33. The minimum absolute atomic E-state index is 0.615. The van der Waals surface area contributed by atoms with Crippen LogP contribution in [0.25, 0.3) is 0 Å². The van der Waals surface area contributed by atoms with Crippen molar-refractivity contribution in [1.82, 2.24) is 19.7 Å². The first-order valence-corrected chi connectivity index (χ1v) is 4.84. The van der Waals surface area contributed by atoms with Crippen LogP contribution in [0.3, 0.4) is 0 Å². The third-order valence-corrected chi connectivity index (χ3v) is 2.38. The molecule has 2 rings (SSSR count). The molecule has 0 atom stereocenters. The Morgan fingerprint density at radius 1 is 1.43 bits per heavy atom. The molecule has 0 unspecified atom stereocenters. The van der Waals surface area contributed by atoms with Crippen LogP contribution in [0.5, 0.6) is 0 Å². The van der Waals surface area contributed by atoms with Gasteiger partial charge in [0.25, 0.3) is 0 Å². The van der Waals surface area contributed by atoms with Crippen LogP contribution >= 0.6 is 0 Å². The largest absolute Gasteiger partial charge is 0.327 e. The molecule has 1 aromatic rings. The van der Waals surface area contributed by atoms with E-state index in [0.717, 1.165) is 32.0 Å². The maximum Gasteiger partial charge on any atom is 0.147 e. The van der Waals surface area contributed by atoms with Crippen LogP contribution in [-0.4, -0.2) is 39.3 Å². The minimum atomic E-state index is 0.615. The predicted octanol–water partition coefficient (Wildman–Crippen LogP) is -0.391. The van der Waals surface area contributed by atoms with Crippen molar-refractivity contribution in [3.8, 4) is 0 Å². The van der Waals surface area contributed by atoms with E-state index in [0.29, 0.717) is 6.54 Å². The molecule has 0 spiro atoms. The molecule has 0 fully saturated rings. The summed E-state index contributed by atoms with van der Waals surface area (Å²) in [5.74, 6) is 1.05. The van der Waals surface area contributed by atoms with Gasteiger partial charge in [0.05, 0.1) is 6.54 Å². The summed E-state index contributed by atoms with van der Waals surface area (Å²) in [5.41, 5.74) is 5.37. The zero-order valence-electron chi connectivity index (χ0n) is 8.13. The van der Waals surface area contributed by atoms with Gasteiger partial charge in [-0.25, -0.2) is 0 Å². The van der Waals surface area contributed by atoms with Crippen molar-refractivity contribution in [2.75, 3.05) is 19.6 Å². The van der Waals surface area contributed by atoms with Gasteiger partial charge >= 0.3 is 0 Å². The van der Waals surface area contributed by atoms with Crippen molar-refractivity contribution in [2.24, 2.45) is 5.73 Å². The Kier molecular flexibility index (Phi) is 2.90. The molecular formula is C9H15N5. The van der Waals surface area contributed by atoms with Crippen LogP contribution in [0.2, 0.25) is 0 Å². The molecule has 76 valence electrons. The second kappa shape index (κ2) is 4.34. The minimum Gasteiger partial charge on any atom is -0.327 e. The van der Waals surface area contributed by atoms with Gasteiger partial charge in [0.1, 0.15) is 12.2 Å². The lowest BCUT2D eigenvalue weighted by molar-refractivity contribution is 0.239. The first-order chi connectivity index (χ1) is 6.90. The molecule has 1 aliphatic heterocycles. The Hall–Kier alpha value is -1.20. The van der Waals surface area contributed by atoms with E-state index in [2.05, 4.69) is 25.7 Å². The van der Waals surface area contributed by atoms with Crippen LogP contribution in [0, 0.1) is 0 Å². The maximum absolute atomic E-state index is 5.37. The standard InChI is InChI=1S/C9H15N5/c10-3-1-2-4-13-5-6-14-8-11-12-9(14)7-13/h1-2,8H,3-7,10H2. The van der Waals surface area contributed by atoms with Crippen molar-refractivity contribution in [2.45, 2.75) is 13.1 Å². The van der Waals surface area contributed by atoms with Crippen LogP contribution in [-0.2, 0) is 13.1 Å². The van der Waals surface area contributed by atoms with Crippen LogP contribution in [0.4, 0.5) is 0 Å². The monoisotopic (exact) mass is 193 g/mol. The summed E-state index contributed by atoms with van der Waals surface area (Å²) in [5, 5.41) is 7.94. The molecule has 1 aromatic heterocycles. The Morgan fingerprint density at radius 2 is 2.36 bits per heavy atom. The number of nitrogens with two attached hydrogens (primary N) is 1. The van der Waals surface area contributed by atoms with E-state index >= 15 is 0 Å². The highest BCUT2D eigenvalue weighted by atomic mass is 15.3. The average Bonchev–Trinajstić information content (AvgIpc) is 2.65. The highest BCUT2D eigenvalue weighted by molar-refractivity contribution is 4.93. The first-order valence-electron chi connectivity index (χ1n) is 4.84. The zero-order valence-corrected chi connectivity index (χ0v) is 8.13. The SMILES string of the molecule is NCC=CCN1CCn2cnnc2C1. The van der Waals surface area contributed by atoms with Gasteiger partial charge in [-0.15, -0.1) is 10.2 Å². The first kappa shape index (κ1) is 9.36. The highest BCUT2D eigenvalue weighted by Crippen LogP contribution is 2.08. The van der Waals surface area contributed by atoms with Gasteiger partial charge in [-0.05, 0) is 0 Å². The van der Waals surface area contributed by atoms with Gasteiger partial charge < -0.3 is 10.3 Å². The molecule has 2 N–H and O–H groups in total. The molecule has 5 heteroatoms. The number of fused-ring (bicyclic) bond motifs is 1. The van der Waals surface area contributed by atoms with E-state index in [9.17, 15) is 0 Å². The second-order valence-corrected chi connectivity index (χ2v) is 3.38. The molecule has 0 saturated carbocycles. The Labute approximate surface area is 83.2 Å². The lowest BCUT2D eigenvalue weighted by Gasteiger charge is -2.25. The molecule has 5 nitrogen and oxygen atoms in total. The number of rotatable bonds is 3. The fraction of sp³-hybridized carbons (Fsp3) is 0.556. The van der Waals surface area contributed by atoms with E-state index in [-0.39, 0.29) is 0 Å². The molecule has 0 amide bonds. The summed E-state index contributed by atoms with van der Waals surface area (Å²) in [6.07, 6.45) is 5.88. The highest BCUT2D eigenvalue weighted by Gasteiger charge is 2.15. The summed E-state index contributed by atoms with van der Waals surface area (Å²) in [7, 11) is 0. The normalized spacial score (nSPS) is 17.5. The third kappa shape index (κ3) is 2.00. The van der Waals surface area contributed by atoms with Crippen LogP contribution < -0.4 is 5.73 Å². The van der Waals surface area contributed by atoms with Gasteiger partial charge in [-0.3, -0.25) is 4.90 Å². The summed E-state index contributed by atoms with van der Waals surface area (Å²) in [6, 6.07) is 0. The number of nitrogens with zero attached hydrogens (tertiary/aromatic N) is 4. The van der Waals surface area contributed by atoms with E-state index in [1.807, 2.05) is 6.08 Å². The summed E-state index contributed by atoms with van der Waals surface area (Å²) >= 11 is 0. The van der Waals surface area contributed by atoms with Crippen LogP contribution in [0.1, 0.15) is 5.82 Å². The Bertz CT molecular complexity index is 317. The molecular weight excluding hydrogens is 178 g/mol. The van der Waals surface area contributed by atoms with E-state index in [1.165, 1.54) is 0 Å². The average molecular weight is 193 g/mol. The zero-order chi connectivity index (χ0) is 9.80. The lowest BCUT2D eigenvalue weighted by atomic mass is 10.3. The fourth-order valence-electron chi connectivity index (χ4n) is 1.59. The predicted molar refractivity (Wildman–Crippen MR) is 53.5 cm³/mol. The Balaban J connectivity index is 1.91. The van der Waals surface area contributed by atoms with Crippen molar-refractivity contribution < 1.29 is 0 Å². The molecule has 0 radical (unpaired) electrons. The van der Waals surface area contributed by atoms with Gasteiger partial charge in [0.15, 0.2) is 0 Å². The second-order valence-electron chi connectivity index (χ2n) is 3.38. The number of hydrogen-bond donors (Lipinski definition) is 1. The molecule has 2 heterocycles. The molecule has 0 bridgehead atoms. The van der Waals surface area contributed by atoms with E-state index in [4.69, 9.17) is 5.73 Å². The molecule has 0 saturated heterocycles. The third-order valence-electron chi connectivity index (χ3n) is 2.38. The molecule has 0 aliphatic carbocycles. The summed E-state index contributed by atoms with van der Waals surface area (Å²) < 4.78 is 2.10. The van der Waals surface area contributed by atoms with E-state index < -0.39 is 0 Å². The van der Waals surface area contributed by atoms with Crippen molar-refractivity contribution in [3.05, 3.63) is 24.3 Å². The van der Waals surface area contributed by atoms with E-state index in [1.54, 1.807) is 6.33 Å². The fourth-order valence-corrected chi connectivity index (χ4v) is 1.59. The van der Waals surface area contributed by atoms with Gasteiger partial charge in [0.2, 0.25) is 0 Å². The number of aromatic nitrogens is 3.